The molecule has 1 atom stereocenters. The van der Waals surface area contributed by atoms with Gasteiger partial charge in [0.25, 0.3) is 0 Å². The molecule has 1 fully saturated rings. The van der Waals surface area contributed by atoms with E-state index in [-0.39, 0.29) is 11.8 Å². The lowest BCUT2D eigenvalue weighted by Crippen LogP contribution is -2.55. The van der Waals surface area contributed by atoms with Gasteiger partial charge in [0.2, 0.25) is 11.8 Å². The van der Waals surface area contributed by atoms with Crippen molar-refractivity contribution in [3.05, 3.63) is 35.8 Å². The van der Waals surface area contributed by atoms with Crippen LogP contribution in [0.4, 0.5) is 5.82 Å². The molecule has 1 aliphatic rings. The Kier molecular flexibility index (Phi) is 5.68. The van der Waals surface area contributed by atoms with Crippen LogP contribution in [-0.2, 0) is 16.0 Å². The van der Waals surface area contributed by atoms with Gasteiger partial charge in [0.15, 0.2) is 0 Å². The second-order valence-corrected chi connectivity index (χ2v) is 6.75. The predicted molar refractivity (Wildman–Crippen MR) is 100 cm³/mol. The second kappa shape index (κ2) is 8.15. The topological polar surface area (TPSA) is 107 Å². The van der Waals surface area contributed by atoms with Crippen LogP contribution in [0.5, 0.6) is 0 Å². The highest BCUT2D eigenvalue weighted by atomic mass is 16.2. The second-order valence-electron chi connectivity index (χ2n) is 6.75. The van der Waals surface area contributed by atoms with E-state index in [4.69, 9.17) is 0 Å². The minimum atomic E-state index is -0.600. The van der Waals surface area contributed by atoms with Crippen LogP contribution in [0.25, 0.3) is 0 Å². The fourth-order valence-electron chi connectivity index (χ4n) is 3.27. The Balaban J connectivity index is 1.65. The number of hydrogen-bond donors (Lipinski definition) is 2. The fourth-order valence-corrected chi connectivity index (χ4v) is 3.27. The number of imidazole rings is 1. The van der Waals surface area contributed by atoms with Crippen molar-refractivity contribution in [3.63, 3.8) is 0 Å². The van der Waals surface area contributed by atoms with E-state index in [1.807, 2.05) is 13.8 Å². The molecule has 0 aliphatic carbocycles. The third-order valence-electron chi connectivity index (χ3n) is 4.85. The van der Waals surface area contributed by atoms with Crippen molar-refractivity contribution in [1.82, 2.24) is 30.2 Å². The van der Waals surface area contributed by atoms with Crippen LogP contribution in [0.1, 0.15) is 23.9 Å². The summed E-state index contributed by atoms with van der Waals surface area (Å²) < 4.78 is 0. The minimum Gasteiger partial charge on any atom is -0.353 e. The van der Waals surface area contributed by atoms with Crippen molar-refractivity contribution in [2.45, 2.75) is 33.2 Å². The number of nitrogens with one attached hydrogen (secondary N) is 2. The monoisotopic (exact) mass is 371 g/mol. The third kappa shape index (κ3) is 4.42. The Labute approximate surface area is 158 Å². The van der Waals surface area contributed by atoms with Crippen LogP contribution < -0.4 is 10.2 Å². The number of piperazine rings is 1. The Morgan fingerprint density at radius 2 is 1.96 bits per heavy atom. The SMILES string of the molecule is CC(=O)N[C@@H](Cc1cnc[nH]1)C(=O)N1CCN(c2ncnc(C)c2C)CC1. The van der Waals surface area contributed by atoms with Crippen molar-refractivity contribution in [2.75, 3.05) is 31.1 Å². The van der Waals surface area contributed by atoms with Crippen molar-refractivity contribution in [1.29, 1.82) is 0 Å². The number of carbonyl (C=O) groups is 2. The first-order chi connectivity index (χ1) is 13.0. The molecule has 3 heterocycles. The first-order valence-corrected chi connectivity index (χ1v) is 9.02. The van der Waals surface area contributed by atoms with Crippen molar-refractivity contribution >= 4 is 17.6 Å². The average molecular weight is 371 g/mol. The molecule has 0 aromatic carbocycles. The largest absolute Gasteiger partial charge is 0.353 e. The normalized spacial score (nSPS) is 15.5. The zero-order valence-corrected chi connectivity index (χ0v) is 15.9. The summed E-state index contributed by atoms with van der Waals surface area (Å²) in [5, 5.41) is 2.76. The molecule has 0 bridgehead atoms. The molecule has 1 saturated heterocycles. The quantitative estimate of drug-likeness (QED) is 0.778. The summed E-state index contributed by atoms with van der Waals surface area (Å²) in [5.74, 6) is 0.624. The van der Waals surface area contributed by atoms with Crippen LogP contribution in [0.2, 0.25) is 0 Å². The molecule has 0 radical (unpaired) electrons. The summed E-state index contributed by atoms with van der Waals surface area (Å²) in [4.78, 5) is 44.1. The molecule has 0 saturated carbocycles. The van der Waals surface area contributed by atoms with Crippen molar-refractivity contribution < 1.29 is 9.59 Å². The lowest BCUT2D eigenvalue weighted by Gasteiger charge is -2.37. The lowest BCUT2D eigenvalue weighted by molar-refractivity contribution is -0.136. The van der Waals surface area contributed by atoms with E-state index in [2.05, 4.69) is 30.2 Å². The maximum absolute atomic E-state index is 13.0. The van der Waals surface area contributed by atoms with E-state index in [9.17, 15) is 9.59 Å². The molecule has 9 nitrogen and oxygen atoms in total. The molecule has 0 spiro atoms. The molecule has 1 aliphatic heterocycles. The Bertz CT molecular complexity index is 798. The molecule has 2 aromatic heterocycles. The number of nitrogens with zero attached hydrogens (tertiary/aromatic N) is 5. The minimum absolute atomic E-state index is 0.0740. The first kappa shape index (κ1) is 18.8. The first-order valence-electron chi connectivity index (χ1n) is 9.02. The third-order valence-corrected chi connectivity index (χ3v) is 4.85. The van der Waals surface area contributed by atoms with Gasteiger partial charge in [-0.15, -0.1) is 0 Å². The van der Waals surface area contributed by atoms with Gasteiger partial charge in [-0.2, -0.15) is 0 Å². The van der Waals surface area contributed by atoms with Gasteiger partial charge in [-0.05, 0) is 13.8 Å². The Hall–Kier alpha value is -2.97. The number of H-pyrrole nitrogens is 1. The standard InChI is InChI=1S/C18H25N7O2/c1-12-13(2)20-11-22-17(12)24-4-6-25(7-5-24)18(27)16(23-14(3)26)8-15-9-19-10-21-15/h9-11,16H,4-8H2,1-3H3,(H,19,21)(H,23,26)/t16-/m0/s1. The summed E-state index contributed by atoms with van der Waals surface area (Å²) in [6.07, 6.45) is 5.20. The number of aromatic amines is 1. The van der Waals surface area contributed by atoms with Gasteiger partial charge in [0, 0.05) is 62.7 Å². The highest BCUT2D eigenvalue weighted by Crippen LogP contribution is 2.20. The molecule has 0 unspecified atom stereocenters. The molecular formula is C18H25N7O2. The Morgan fingerprint density at radius 1 is 1.22 bits per heavy atom. The zero-order valence-electron chi connectivity index (χ0n) is 15.9. The van der Waals surface area contributed by atoms with Gasteiger partial charge in [-0.25, -0.2) is 15.0 Å². The smallest absolute Gasteiger partial charge is 0.245 e. The number of anilines is 1. The van der Waals surface area contributed by atoms with Gasteiger partial charge in [-0.3, -0.25) is 9.59 Å². The summed E-state index contributed by atoms with van der Waals surface area (Å²) in [5.41, 5.74) is 2.84. The van der Waals surface area contributed by atoms with Gasteiger partial charge in [0.05, 0.1) is 6.33 Å². The number of aryl methyl sites for hydroxylation is 1. The maximum Gasteiger partial charge on any atom is 0.245 e. The number of hydrogen-bond acceptors (Lipinski definition) is 6. The van der Waals surface area contributed by atoms with Crippen LogP contribution >= 0.6 is 0 Å². The van der Waals surface area contributed by atoms with Crippen LogP contribution in [0, 0.1) is 13.8 Å². The van der Waals surface area contributed by atoms with E-state index in [1.165, 1.54) is 6.92 Å². The van der Waals surface area contributed by atoms with E-state index >= 15 is 0 Å². The molecular weight excluding hydrogens is 346 g/mol. The number of aromatic nitrogens is 4. The summed E-state index contributed by atoms with van der Waals surface area (Å²) >= 11 is 0. The predicted octanol–water partition coefficient (Wildman–Crippen LogP) is 0.213. The average Bonchev–Trinajstić information content (AvgIpc) is 3.16. The number of amides is 2. The van der Waals surface area contributed by atoms with Crippen molar-refractivity contribution in [2.24, 2.45) is 0 Å². The Morgan fingerprint density at radius 3 is 2.59 bits per heavy atom. The molecule has 2 amide bonds. The molecule has 27 heavy (non-hydrogen) atoms. The van der Waals surface area contributed by atoms with Crippen LogP contribution in [0.3, 0.4) is 0 Å². The molecule has 9 heteroatoms. The van der Waals surface area contributed by atoms with Gasteiger partial charge in [0.1, 0.15) is 18.2 Å². The molecule has 144 valence electrons. The van der Waals surface area contributed by atoms with E-state index in [0.717, 1.165) is 22.8 Å². The van der Waals surface area contributed by atoms with E-state index in [0.29, 0.717) is 32.6 Å². The van der Waals surface area contributed by atoms with Crippen molar-refractivity contribution in [3.8, 4) is 0 Å². The molecule has 3 rings (SSSR count). The highest BCUT2D eigenvalue weighted by molar-refractivity contribution is 5.87. The van der Waals surface area contributed by atoms with Crippen LogP contribution in [-0.4, -0.2) is 68.9 Å². The lowest BCUT2D eigenvalue weighted by atomic mass is 10.1. The number of carbonyl (C=O) groups excluding carboxylic acids is 2. The van der Waals surface area contributed by atoms with Crippen LogP contribution in [0.15, 0.2) is 18.9 Å². The van der Waals surface area contributed by atoms with Gasteiger partial charge >= 0.3 is 0 Å². The summed E-state index contributed by atoms with van der Waals surface area (Å²) in [6, 6.07) is -0.600. The van der Waals surface area contributed by atoms with Gasteiger partial charge in [-0.1, -0.05) is 0 Å². The van der Waals surface area contributed by atoms with E-state index < -0.39 is 6.04 Å². The van der Waals surface area contributed by atoms with E-state index in [1.54, 1.807) is 23.8 Å². The zero-order chi connectivity index (χ0) is 19.4. The maximum atomic E-state index is 13.0. The molecule has 2 aromatic rings. The molecule has 2 N–H and O–H groups in total. The summed E-state index contributed by atoms with van der Waals surface area (Å²) in [6.45, 7) is 7.96. The fraction of sp³-hybridized carbons (Fsp3) is 0.500. The summed E-state index contributed by atoms with van der Waals surface area (Å²) in [7, 11) is 0. The highest BCUT2D eigenvalue weighted by Gasteiger charge is 2.29. The number of rotatable bonds is 5. The van der Waals surface area contributed by atoms with Gasteiger partial charge < -0.3 is 20.1 Å².